The Morgan fingerprint density at radius 1 is 1.13 bits per heavy atom. The molecule has 1 saturated heterocycles. The zero-order chi connectivity index (χ0) is 16.2. The summed E-state index contributed by atoms with van der Waals surface area (Å²) in [5, 5.41) is 3.20. The molecule has 0 aliphatic carbocycles. The lowest BCUT2D eigenvalue weighted by molar-refractivity contribution is -0.128. The quantitative estimate of drug-likeness (QED) is 0.920. The molecule has 118 valence electrons. The lowest BCUT2D eigenvalue weighted by atomic mass is 10.0. The maximum atomic E-state index is 12.5. The minimum atomic E-state index is -0.798. The van der Waals surface area contributed by atoms with Gasteiger partial charge < -0.3 is 10.1 Å². The van der Waals surface area contributed by atoms with Crippen molar-refractivity contribution in [2.75, 3.05) is 13.1 Å². The standard InChI is InChI=1S/C17H15ClN2O3/c18-14-9-5-4-8-13(14)15-16(21)19-10-11-20(15)17(22)23-12-6-2-1-3-7-12/h1-9,15H,10-11H2,(H,19,21). The Bertz CT molecular complexity index is 721. The molecule has 1 fully saturated rings. The number of hydrogen-bond acceptors (Lipinski definition) is 3. The third-order valence-electron chi connectivity index (χ3n) is 3.59. The number of rotatable bonds is 2. The van der Waals surface area contributed by atoms with Gasteiger partial charge in [0.05, 0.1) is 0 Å². The molecule has 6 heteroatoms. The van der Waals surface area contributed by atoms with Gasteiger partial charge in [-0.15, -0.1) is 0 Å². The smallest absolute Gasteiger partial charge is 0.410 e. The van der Waals surface area contributed by atoms with Gasteiger partial charge in [-0.1, -0.05) is 48.0 Å². The average molecular weight is 331 g/mol. The molecule has 0 radical (unpaired) electrons. The van der Waals surface area contributed by atoms with Crippen LogP contribution in [0, 0.1) is 0 Å². The third-order valence-corrected chi connectivity index (χ3v) is 3.94. The number of hydrogen-bond donors (Lipinski definition) is 1. The van der Waals surface area contributed by atoms with E-state index >= 15 is 0 Å². The highest BCUT2D eigenvalue weighted by Crippen LogP contribution is 2.30. The summed E-state index contributed by atoms with van der Waals surface area (Å²) >= 11 is 6.19. The minimum absolute atomic E-state index is 0.269. The second-order valence-corrected chi connectivity index (χ2v) is 5.50. The van der Waals surface area contributed by atoms with E-state index in [1.54, 1.807) is 48.5 Å². The summed E-state index contributed by atoms with van der Waals surface area (Å²) in [6.07, 6.45) is -0.573. The van der Waals surface area contributed by atoms with Gasteiger partial charge in [0, 0.05) is 23.7 Å². The molecule has 1 aliphatic rings. The minimum Gasteiger partial charge on any atom is -0.410 e. The van der Waals surface area contributed by atoms with E-state index in [1.165, 1.54) is 4.90 Å². The topological polar surface area (TPSA) is 58.6 Å². The fourth-order valence-electron chi connectivity index (χ4n) is 2.52. The van der Waals surface area contributed by atoms with E-state index < -0.39 is 12.1 Å². The lowest BCUT2D eigenvalue weighted by Gasteiger charge is -2.34. The van der Waals surface area contributed by atoms with E-state index in [-0.39, 0.29) is 5.91 Å². The molecular weight excluding hydrogens is 316 g/mol. The molecule has 1 heterocycles. The lowest BCUT2D eigenvalue weighted by Crippen LogP contribution is -2.53. The SMILES string of the molecule is O=C1NCCN(C(=O)Oc2ccccc2)C1c1ccccc1Cl. The van der Waals surface area contributed by atoms with Crippen molar-refractivity contribution >= 4 is 23.6 Å². The summed E-state index contributed by atoms with van der Waals surface area (Å²) in [5.74, 6) is 0.163. The van der Waals surface area contributed by atoms with Crippen LogP contribution in [-0.4, -0.2) is 30.0 Å². The first-order valence-electron chi connectivity index (χ1n) is 7.22. The predicted octanol–water partition coefficient (Wildman–Crippen LogP) is 3.01. The Kier molecular flexibility index (Phi) is 4.48. The number of halogens is 1. The number of para-hydroxylation sites is 1. The van der Waals surface area contributed by atoms with Gasteiger partial charge in [0.15, 0.2) is 0 Å². The molecule has 3 rings (SSSR count). The molecule has 0 saturated carbocycles. The van der Waals surface area contributed by atoms with Gasteiger partial charge in [0.1, 0.15) is 11.8 Å². The summed E-state index contributed by atoms with van der Waals surface area (Å²) in [7, 11) is 0. The van der Waals surface area contributed by atoms with Gasteiger partial charge in [-0.05, 0) is 18.2 Å². The Morgan fingerprint density at radius 3 is 2.57 bits per heavy atom. The van der Waals surface area contributed by atoms with E-state index in [9.17, 15) is 9.59 Å². The van der Waals surface area contributed by atoms with Crippen molar-refractivity contribution < 1.29 is 14.3 Å². The molecular formula is C17H15ClN2O3. The first-order chi connectivity index (χ1) is 11.2. The van der Waals surface area contributed by atoms with Crippen molar-refractivity contribution in [3.8, 4) is 5.75 Å². The summed E-state index contributed by atoms with van der Waals surface area (Å²) < 4.78 is 5.36. The van der Waals surface area contributed by atoms with E-state index in [1.807, 2.05) is 6.07 Å². The monoisotopic (exact) mass is 330 g/mol. The molecule has 0 spiro atoms. The van der Waals surface area contributed by atoms with E-state index in [0.29, 0.717) is 29.4 Å². The molecule has 5 nitrogen and oxygen atoms in total. The van der Waals surface area contributed by atoms with Crippen LogP contribution in [0.2, 0.25) is 5.02 Å². The van der Waals surface area contributed by atoms with Crippen molar-refractivity contribution in [1.29, 1.82) is 0 Å². The van der Waals surface area contributed by atoms with Gasteiger partial charge in [-0.25, -0.2) is 4.79 Å². The molecule has 1 N–H and O–H groups in total. The van der Waals surface area contributed by atoms with Crippen LogP contribution in [0.15, 0.2) is 54.6 Å². The van der Waals surface area contributed by atoms with Gasteiger partial charge in [-0.2, -0.15) is 0 Å². The second-order valence-electron chi connectivity index (χ2n) is 5.09. The molecule has 1 aliphatic heterocycles. The van der Waals surface area contributed by atoms with Gasteiger partial charge >= 0.3 is 6.09 Å². The van der Waals surface area contributed by atoms with E-state index in [0.717, 1.165) is 0 Å². The number of ether oxygens (including phenoxy) is 1. The zero-order valence-electron chi connectivity index (χ0n) is 12.2. The fraction of sp³-hybridized carbons (Fsp3) is 0.176. The van der Waals surface area contributed by atoms with Crippen LogP contribution in [0.25, 0.3) is 0 Å². The van der Waals surface area contributed by atoms with Crippen molar-refractivity contribution in [3.63, 3.8) is 0 Å². The van der Waals surface area contributed by atoms with Gasteiger partial charge in [0.2, 0.25) is 5.91 Å². The zero-order valence-corrected chi connectivity index (χ0v) is 13.0. The normalized spacial score (nSPS) is 17.5. The van der Waals surface area contributed by atoms with Crippen LogP contribution in [0.5, 0.6) is 5.75 Å². The Labute approximate surface area is 138 Å². The largest absolute Gasteiger partial charge is 0.416 e. The number of carbonyl (C=O) groups excluding carboxylic acids is 2. The average Bonchev–Trinajstić information content (AvgIpc) is 2.56. The van der Waals surface area contributed by atoms with Gasteiger partial charge in [0.25, 0.3) is 0 Å². The van der Waals surface area contributed by atoms with Crippen LogP contribution in [0.3, 0.4) is 0 Å². The second kappa shape index (κ2) is 6.71. The van der Waals surface area contributed by atoms with Gasteiger partial charge in [-0.3, -0.25) is 9.69 Å². The fourth-order valence-corrected chi connectivity index (χ4v) is 2.76. The summed E-state index contributed by atoms with van der Waals surface area (Å²) in [4.78, 5) is 26.2. The number of benzene rings is 2. The van der Waals surface area contributed by atoms with Crippen molar-refractivity contribution in [1.82, 2.24) is 10.2 Å². The van der Waals surface area contributed by atoms with Crippen LogP contribution in [0.4, 0.5) is 4.79 Å². The number of carbonyl (C=O) groups is 2. The molecule has 23 heavy (non-hydrogen) atoms. The first-order valence-corrected chi connectivity index (χ1v) is 7.60. The summed E-state index contributed by atoms with van der Waals surface area (Å²) in [5.41, 5.74) is 0.580. The molecule has 1 unspecified atom stereocenters. The van der Waals surface area contributed by atoms with Crippen LogP contribution in [-0.2, 0) is 4.79 Å². The molecule has 2 aromatic carbocycles. The number of nitrogens with zero attached hydrogens (tertiary/aromatic N) is 1. The Morgan fingerprint density at radius 2 is 1.83 bits per heavy atom. The summed E-state index contributed by atoms with van der Waals surface area (Å²) in [6, 6.07) is 14.9. The maximum Gasteiger partial charge on any atom is 0.416 e. The Balaban J connectivity index is 1.88. The highest BCUT2D eigenvalue weighted by Gasteiger charge is 2.36. The van der Waals surface area contributed by atoms with Crippen molar-refractivity contribution in [3.05, 3.63) is 65.2 Å². The molecule has 1 atom stereocenters. The molecule has 0 bridgehead atoms. The van der Waals surface area contributed by atoms with E-state index in [2.05, 4.69) is 5.32 Å². The third kappa shape index (κ3) is 3.29. The number of piperazine rings is 1. The molecule has 2 aromatic rings. The molecule has 2 amide bonds. The van der Waals surface area contributed by atoms with Crippen molar-refractivity contribution in [2.45, 2.75) is 6.04 Å². The highest BCUT2D eigenvalue weighted by molar-refractivity contribution is 6.31. The predicted molar refractivity (Wildman–Crippen MR) is 86.4 cm³/mol. The first kappa shape index (κ1) is 15.4. The van der Waals surface area contributed by atoms with Crippen LogP contribution >= 0.6 is 11.6 Å². The molecule has 0 aromatic heterocycles. The maximum absolute atomic E-state index is 12.5. The number of amides is 2. The van der Waals surface area contributed by atoms with Crippen LogP contribution < -0.4 is 10.1 Å². The van der Waals surface area contributed by atoms with Crippen molar-refractivity contribution in [2.24, 2.45) is 0 Å². The number of nitrogens with one attached hydrogen (secondary N) is 1. The van der Waals surface area contributed by atoms with Crippen LogP contribution in [0.1, 0.15) is 11.6 Å². The Hall–Kier alpha value is -2.53. The van der Waals surface area contributed by atoms with E-state index in [4.69, 9.17) is 16.3 Å². The summed E-state index contributed by atoms with van der Waals surface area (Å²) in [6.45, 7) is 0.733. The highest BCUT2D eigenvalue weighted by atomic mass is 35.5.